The van der Waals surface area contributed by atoms with E-state index in [1.165, 1.54) is 0 Å². The number of hydrogen-bond acceptors (Lipinski definition) is 3. The second-order valence-electron chi connectivity index (χ2n) is 2.35. The molecule has 1 aromatic heterocycles. The fourth-order valence-electron chi connectivity index (χ4n) is 0.752. The first-order chi connectivity index (χ1) is 5.84. The van der Waals surface area contributed by atoms with E-state index in [0.29, 0.717) is 11.7 Å². The Morgan fingerprint density at radius 1 is 1.58 bits per heavy atom. The van der Waals surface area contributed by atoms with E-state index in [0.717, 1.165) is 12.1 Å². The number of ether oxygens (including phenoxy) is 1. The lowest BCUT2D eigenvalue weighted by atomic mass is 10.4. The third-order valence-corrected chi connectivity index (χ3v) is 1.64. The third-order valence-electron chi connectivity index (χ3n) is 1.31. The van der Waals surface area contributed by atoms with Crippen LogP contribution in [0.4, 0.5) is 0 Å². The van der Waals surface area contributed by atoms with Gasteiger partial charge >= 0.3 is 0 Å². The summed E-state index contributed by atoms with van der Waals surface area (Å²) in [5.41, 5.74) is 0.737. The number of hydrogen-bond donors (Lipinski definition) is 0. The smallest absolute Gasteiger partial charge is 0.210 e. The van der Waals surface area contributed by atoms with Gasteiger partial charge in [-0.05, 0) is 30.8 Å². The van der Waals surface area contributed by atoms with Crippen molar-refractivity contribution in [2.75, 3.05) is 6.61 Å². The molecule has 1 rings (SSSR count). The van der Waals surface area contributed by atoms with Gasteiger partial charge in [0, 0.05) is 6.20 Å². The summed E-state index contributed by atoms with van der Waals surface area (Å²) in [6.45, 7) is 2.70. The maximum Gasteiger partial charge on any atom is 0.210 e. The Hall–Kier alpha value is -0.960. The van der Waals surface area contributed by atoms with Gasteiger partial charge in [-0.2, -0.15) is 0 Å². The molecule has 0 aromatic carbocycles. The minimum atomic E-state index is 0.484. The predicted molar refractivity (Wildman–Crippen MR) is 52.2 cm³/mol. The lowest BCUT2D eigenvalue weighted by molar-refractivity contribution is 0.313. The van der Waals surface area contributed by atoms with Gasteiger partial charge in [0.25, 0.3) is 0 Å². The zero-order valence-electron chi connectivity index (χ0n) is 6.99. The van der Waals surface area contributed by atoms with Gasteiger partial charge in [0.1, 0.15) is 5.69 Å². The summed E-state index contributed by atoms with van der Waals surface area (Å²) < 4.78 is 5.25. The highest BCUT2D eigenvalue weighted by molar-refractivity contribution is 7.80. The van der Waals surface area contributed by atoms with E-state index in [1.807, 2.05) is 25.1 Å². The van der Waals surface area contributed by atoms with Crippen LogP contribution in [0.15, 0.2) is 24.4 Å². The van der Waals surface area contributed by atoms with Gasteiger partial charge in [0.15, 0.2) is 0 Å². The van der Waals surface area contributed by atoms with Crippen LogP contribution in [0.2, 0.25) is 0 Å². The summed E-state index contributed by atoms with van der Waals surface area (Å²) in [5.74, 6) is 0. The van der Waals surface area contributed by atoms with Crippen molar-refractivity contribution in [1.29, 1.82) is 0 Å². The van der Waals surface area contributed by atoms with Crippen LogP contribution in [-0.4, -0.2) is 16.6 Å². The SMILES string of the molecule is CCCOC(=S)c1ccccn1. The molecule has 1 heterocycles. The molecule has 0 spiro atoms. The number of thiocarbonyl (C=S) groups is 1. The first-order valence-corrected chi connectivity index (χ1v) is 4.33. The molecule has 1 aromatic rings. The highest BCUT2D eigenvalue weighted by atomic mass is 32.1. The molecule has 12 heavy (non-hydrogen) atoms. The highest BCUT2D eigenvalue weighted by Gasteiger charge is 2.00. The van der Waals surface area contributed by atoms with E-state index in [1.54, 1.807) is 6.20 Å². The van der Waals surface area contributed by atoms with Gasteiger partial charge in [-0.3, -0.25) is 4.98 Å². The largest absolute Gasteiger partial charge is 0.482 e. The average Bonchev–Trinajstić information content (AvgIpc) is 2.15. The monoisotopic (exact) mass is 181 g/mol. The van der Waals surface area contributed by atoms with Gasteiger partial charge in [-0.25, -0.2) is 0 Å². The van der Waals surface area contributed by atoms with E-state index in [4.69, 9.17) is 17.0 Å². The summed E-state index contributed by atoms with van der Waals surface area (Å²) in [6.07, 6.45) is 2.67. The molecule has 0 aliphatic rings. The van der Waals surface area contributed by atoms with Crippen LogP contribution in [0.5, 0.6) is 0 Å². The first-order valence-electron chi connectivity index (χ1n) is 3.92. The molecule has 0 saturated carbocycles. The standard InChI is InChI=1S/C9H11NOS/c1-2-7-11-9(12)8-5-3-4-6-10-8/h3-6H,2,7H2,1H3. The van der Waals surface area contributed by atoms with Gasteiger partial charge in [0.05, 0.1) is 6.61 Å². The quantitative estimate of drug-likeness (QED) is 0.667. The predicted octanol–water partition coefficient (Wildman–Crippen LogP) is 2.18. The molecule has 64 valence electrons. The Labute approximate surface area is 77.6 Å². The third kappa shape index (κ3) is 2.58. The lowest BCUT2D eigenvalue weighted by Crippen LogP contribution is -2.05. The van der Waals surface area contributed by atoms with Crippen LogP contribution in [0.25, 0.3) is 0 Å². The minimum Gasteiger partial charge on any atom is -0.482 e. The molecular formula is C9H11NOS. The minimum absolute atomic E-state index is 0.484. The molecule has 0 unspecified atom stereocenters. The number of aromatic nitrogens is 1. The lowest BCUT2D eigenvalue weighted by Gasteiger charge is -2.03. The van der Waals surface area contributed by atoms with Crippen LogP contribution in [0, 0.1) is 0 Å². The Morgan fingerprint density at radius 2 is 2.42 bits per heavy atom. The van der Waals surface area contributed by atoms with Crippen LogP contribution in [0.1, 0.15) is 19.0 Å². The van der Waals surface area contributed by atoms with Gasteiger partial charge in [0.2, 0.25) is 5.05 Å². The van der Waals surface area contributed by atoms with E-state index in [-0.39, 0.29) is 0 Å². The summed E-state index contributed by atoms with van der Waals surface area (Å²) in [6, 6.07) is 5.59. The van der Waals surface area contributed by atoms with Gasteiger partial charge in [-0.1, -0.05) is 13.0 Å². The topological polar surface area (TPSA) is 22.1 Å². The maximum atomic E-state index is 5.25. The highest BCUT2D eigenvalue weighted by Crippen LogP contribution is 1.98. The van der Waals surface area contributed by atoms with Crippen LogP contribution < -0.4 is 0 Å². The molecule has 3 heteroatoms. The number of nitrogens with zero attached hydrogens (tertiary/aromatic N) is 1. The van der Waals surface area contributed by atoms with Crippen molar-refractivity contribution in [3.63, 3.8) is 0 Å². The van der Waals surface area contributed by atoms with Crippen molar-refractivity contribution in [3.05, 3.63) is 30.1 Å². The molecule has 0 bridgehead atoms. The van der Waals surface area contributed by atoms with Crippen molar-refractivity contribution in [2.24, 2.45) is 0 Å². The molecule has 0 amide bonds. The van der Waals surface area contributed by atoms with Crippen molar-refractivity contribution in [1.82, 2.24) is 4.98 Å². The Morgan fingerprint density at radius 3 is 3.00 bits per heavy atom. The summed E-state index contributed by atoms with van der Waals surface area (Å²) >= 11 is 5.00. The molecule has 0 N–H and O–H groups in total. The molecule has 0 aliphatic carbocycles. The normalized spacial score (nSPS) is 9.42. The molecule has 0 radical (unpaired) electrons. The van der Waals surface area contributed by atoms with Crippen molar-refractivity contribution in [2.45, 2.75) is 13.3 Å². The van der Waals surface area contributed by atoms with Crippen LogP contribution >= 0.6 is 12.2 Å². The number of rotatable bonds is 3. The fraction of sp³-hybridized carbons (Fsp3) is 0.333. The van der Waals surface area contributed by atoms with Crippen molar-refractivity contribution >= 4 is 17.3 Å². The number of pyridine rings is 1. The van der Waals surface area contributed by atoms with Crippen molar-refractivity contribution in [3.8, 4) is 0 Å². The molecule has 0 saturated heterocycles. The van der Waals surface area contributed by atoms with Crippen LogP contribution in [0.3, 0.4) is 0 Å². The maximum absolute atomic E-state index is 5.25. The second-order valence-corrected chi connectivity index (χ2v) is 2.72. The van der Waals surface area contributed by atoms with E-state index >= 15 is 0 Å². The Kier molecular flexibility index (Phi) is 3.67. The second kappa shape index (κ2) is 4.83. The Bertz CT molecular complexity index is 248. The summed E-state index contributed by atoms with van der Waals surface area (Å²) in [4.78, 5) is 4.07. The van der Waals surface area contributed by atoms with Gasteiger partial charge in [-0.15, -0.1) is 0 Å². The zero-order valence-corrected chi connectivity index (χ0v) is 7.80. The fourth-order valence-corrected chi connectivity index (χ4v) is 0.956. The first kappa shape index (κ1) is 9.13. The Balaban J connectivity index is 2.54. The van der Waals surface area contributed by atoms with E-state index in [2.05, 4.69) is 4.98 Å². The summed E-state index contributed by atoms with van der Waals surface area (Å²) in [7, 11) is 0. The van der Waals surface area contributed by atoms with Crippen LogP contribution in [-0.2, 0) is 4.74 Å². The van der Waals surface area contributed by atoms with E-state index in [9.17, 15) is 0 Å². The molecule has 0 atom stereocenters. The molecule has 2 nitrogen and oxygen atoms in total. The average molecular weight is 181 g/mol. The molecule has 0 fully saturated rings. The van der Waals surface area contributed by atoms with E-state index < -0.39 is 0 Å². The molecular weight excluding hydrogens is 170 g/mol. The molecule has 0 aliphatic heterocycles. The van der Waals surface area contributed by atoms with Crippen molar-refractivity contribution < 1.29 is 4.74 Å². The summed E-state index contributed by atoms with van der Waals surface area (Å²) in [5, 5.41) is 0.484. The zero-order chi connectivity index (χ0) is 8.81. The van der Waals surface area contributed by atoms with Gasteiger partial charge < -0.3 is 4.74 Å².